The minimum atomic E-state index is -3.67. The van der Waals surface area contributed by atoms with Crippen molar-refractivity contribution in [2.45, 2.75) is 12.8 Å². The second-order valence-corrected chi connectivity index (χ2v) is 5.21. The number of carboxylic acids is 1. The number of carbonyl (C=O) groups is 1. The van der Waals surface area contributed by atoms with Gasteiger partial charge in [-0.3, -0.25) is 17.7 Å². The molecule has 0 fully saturated rings. The quantitative estimate of drug-likeness (QED) is 0.326. The number of aromatic nitrogens is 1. The van der Waals surface area contributed by atoms with Crippen molar-refractivity contribution in [2.24, 2.45) is 7.05 Å². The minimum absolute atomic E-state index is 0. The molecular formula is C17H16BF4NO2. The van der Waals surface area contributed by atoms with Gasteiger partial charge in [0.25, 0.3) is 0 Å². The molecule has 0 radical (unpaired) electrons. The van der Waals surface area contributed by atoms with Crippen LogP contribution in [0.3, 0.4) is 0 Å². The number of nitrogens with zero attached hydrogens (tertiary/aromatic N) is 1. The summed E-state index contributed by atoms with van der Waals surface area (Å²) in [4.78, 5) is 10.9. The summed E-state index contributed by atoms with van der Waals surface area (Å²) in [6.07, 6.45) is 0.707. The lowest BCUT2D eigenvalue weighted by Gasteiger charge is -2.09. The highest BCUT2D eigenvalue weighted by molar-refractivity contribution is 6.33. The zero-order valence-electron chi connectivity index (χ0n) is 13.4. The molecule has 132 valence electrons. The van der Waals surface area contributed by atoms with Crippen LogP contribution in [-0.2, 0) is 18.3 Å². The van der Waals surface area contributed by atoms with Gasteiger partial charge in [-0.1, -0.05) is 24.3 Å². The Hall–Kier alpha value is -2.64. The molecule has 25 heavy (non-hydrogen) atoms. The maximum Gasteiger partial charge on any atom is 0.762 e. The molecular weight excluding hydrogens is 337 g/mol. The van der Waals surface area contributed by atoms with Crippen LogP contribution < -0.4 is 9.27 Å². The van der Waals surface area contributed by atoms with E-state index in [1.807, 2.05) is 31.3 Å². The topological polar surface area (TPSA) is 41.2 Å². The number of hydrogen-bond donors (Lipinski definition) is 1. The Kier molecular flexibility index (Phi) is 7.35. The Morgan fingerprint density at radius 3 is 1.80 bits per heavy atom. The van der Waals surface area contributed by atoms with E-state index in [2.05, 4.69) is 28.8 Å². The van der Waals surface area contributed by atoms with Crippen molar-refractivity contribution in [1.29, 1.82) is 0 Å². The SMILES string of the molecule is C[n+]1c2ccccc2c(CCC(=O)O)c2ccccc21.FB(F)F.[F-]. The van der Waals surface area contributed by atoms with Gasteiger partial charge in [0.2, 0.25) is 11.0 Å². The molecule has 1 heterocycles. The number of hydrogen-bond acceptors (Lipinski definition) is 1. The van der Waals surface area contributed by atoms with Crippen LogP contribution in [0.5, 0.6) is 0 Å². The third-order valence-electron chi connectivity index (χ3n) is 3.77. The Balaban J connectivity index is 0.000000568. The van der Waals surface area contributed by atoms with E-state index in [1.165, 1.54) is 0 Å². The lowest BCUT2D eigenvalue weighted by atomic mass is 9.98. The van der Waals surface area contributed by atoms with Crippen molar-refractivity contribution in [3.63, 3.8) is 0 Å². The highest BCUT2D eigenvalue weighted by atomic mass is 19.4. The van der Waals surface area contributed by atoms with Crippen molar-refractivity contribution >= 4 is 35.3 Å². The first-order valence-electron chi connectivity index (χ1n) is 7.34. The molecule has 0 saturated carbocycles. The molecule has 0 aliphatic heterocycles. The number of halogens is 4. The summed E-state index contributed by atoms with van der Waals surface area (Å²) in [6, 6.07) is 16.3. The predicted molar refractivity (Wildman–Crippen MR) is 87.7 cm³/mol. The van der Waals surface area contributed by atoms with Gasteiger partial charge < -0.3 is 9.81 Å². The molecule has 1 aromatic heterocycles. The number of carboxylic acid groups (broad SMARTS) is 1. The zero-order chi connectivity index (χ0) is 17.7. The molecule has 3 aromatic rings. The van der Waals surface area contributed by atoms with Crippen LogP contribution in [0.1, 0.15) is 12.0 Å². The van der Waals surface area contributed by atoms with Crippen molar-refractivity contribution in [3.8, 4) is 0 Å². The van der Waals surface area contributed by atoms with Gasteiger partial charge in [-0.15, -0.1) is 0 Å². The van der Waals surface area contributed by atoms with Gasteiger partial charge in [0, 0.05) is 18.6 Å². The Labute approximate surface area is 142 Å². The van der Waals surface area contributed by atoms with E-state index >= 15 is 0 Å². The molecule has 0 aliphatic rings. The average molecular weight is 353 g/mol. The highest BCUT2D eigenvalue weighted by Crippen LogP contribution is 2.25. The molecule has 3 nitrogen and oxygen atoms in total. The Morgan fingerprint density at radius 2 is 1.40 bits per heavy atom. The highest BCUT2D eigenvalue weighted by Gasteiger charge is 2.17. The summed E-state index contributed by atoms with van der Waals surface area (Å²) in [5, 5.41) is 11.2. The standard InChI is InChI=1S/C17H15NO2.BF3.FH/c1-18-15-8-4-2-6-13(15)12(10-11-17(19)20)14-7-3-5-9-16(14)18;2-1(3)4;/h2-9H,10-11H2,1H3;;1H. The van der Waals surface area contributed by atoms with Gasteiger partial charge in [-0.05, 0) is 24.1 Å². The number of aliphatic carboxylic acids is 1. The fourth-order valence-corrected chi connectivity index (χ4v) is 2.82. The normalized spacial score (nSPS) is 9.92. The lowest BCUT2D eigenvalue weighted by molar-refractivity contribution is -0.617. The smallest absolute Gasteiger partial charge is 0.762 e. The summed E-state index contributed by atoms with van der Waals surface area (Å²) in [5.41, 5.74) is 3.38. The number of aryl methyl sites for hydroxylation is 2. The van der Waals surface area contributed by atoms with Crippen LogP contribution in [0.2, 0.25) is 0 Å². The second-order valence-electron chi connectivity index (χ2n) is 5.21. The third-order valence-corrected chi connectivity index (χ3v) is 3.77. The van der Waals surface area contributed by atoms with Gasteiger partial charge in [-0.2, -0.15) is 4.57 Å². The Bertz CT molecular complexity index is 814. The molecule has 8 heteroatoms. The first-order chi connectivity index (χ1) is 11.4. The summed E-state index contributed by atoms with van der Waals surface area (Å²) >= 11 is 0. The molecule has 1 N–H and O–H groups in total. The summed E-state index contributed by atoms with van der Waals surface area (Å²) in [6.45, 7) is 0. The van der Waals surface area contributed by atoms with Crippen LogP contribution in [0.4, 0.5) is 12.9 Å². The zero-order valence-corrected chi connectivity index (χ0v) is 13.4. The molecule has 0 spiro atoms. The van der Waals surface area contributed by atoms with Crippen LogP contribution >= 0.6 is 0 Å². The van der Waals surface area contributed by atoms with Crippen molar-refractivity contribution in [3.05, 3.63) is 54.1 Å². The molecule has 0 aliphatic carbocycles. The number of benzene rings is 2. The van der Waals surface area contributed by atoms with Crippen LogP contribution in [-0.4, -0.2) is 18.6 Å². The molecule has 0 bridgehead atoms. The van der Waals surface area contributed by atoms with Gasteiger partial charge in [0.05, 0.1) is 10.8 Å². The fourth-order valence-electron chi connectivity index (χ4n) is 2.82. The van der Waals surface area contributed by atoms with Crippen LogP contribution in [0.25, 0.3) is 21.8 Å². The fraction of sp³-hybridized carbons (Fsp3) is 0.176. The average Bonchev–Trinajstić information content (AvgIpc) is 2.54. The molecule has 2 aromatic carbocycles. The maximum atomic E-state index is 10.9. The number of fused-ring (bicyclic) bond motifs is 2. The summed E-state index contributed by atoms with van der Waals surface area (Å²) in [5.74, 6) is -0.758. The van der Waals surface area contributed by atoms with E-state index in [0.717, 1.165) is 27.4 Å². The second kappa shape index (κ2) is 9.01. The van der Waals surface area contributed by atoms with Crippen molar-refractivity contribution in [1.82, 2.24) is 0 Å². The van der Waals surface area contributed by atoms with E-state index in [1.54, 1.807) is 0 Å². The van der Waals surface area contributed by atoms with E-state index in [9.17, 15) is 17.7 Å². The minimum Gasteiger partial charge on any atom is -1.00 e. The summed E-state index contributed by atoms with van der Waals surface area (Å²) in [7, 11) is -1.62. The molecule has 3 rings (SSSR count). The molecule has 0 atom stereocenters. The molecule has 0 saturated heterocycles. The largest absolute Gasteiger partial charge is 1.00 e. The van der Waals surface area contributed by atoms with Crippen molar-refractivity contribution < 1.29 is 32.1 Å². The lowest BCUT2D eigenvalue weighted by Crippen LogP contribution is -3.00. The van der Waals surface area contributed by atoms with E-state index in [0.29, 0.717) is 6.42 Å². The number of rotatable bonds is 3. The predicted octanol–water partition coefficient (Wildman–Crippen LogP) is 0.718. The first-order valence-corrected chi connectivity index (χ1v) is 7.34. The molecule has 0 amide bonds. The monoisotopic (exact) mass is 353 g/mol. The summed E-state index contributed by atoms with van der Waals surface area (Å²) < 4.78 is 31.2. The Morgan fingerprint density at radius 1 is 1.00 bits per heavy atom. The number of para-hydroxylation sites is 2. The van der Waals surface area contributed by atoms with E-state index in [4.69, 9.17) is 5.11 Å². The number of pyridine rings is 1. The van der Waals surface area contributed by atoms with Gasteiger partial charge in [0.15, 0.2) is 0 Å². The molecule has 0 unspecified atom stereocenters. The van der Waals surface area contributed by atoms with Gasteiger partial charge in [0.1, 0.15) is 7.05 Å². The van der Waals surface area contributed by atoms with Gasteiger partial charge >= 0.3 is 13.5 Å². The first kappa shape index (κ1) is 20.4. The van der Waals surface area contributed by atoms with Crippen molar-refractivity contribution in [2.75, 3.05) is 0 Å². The van der Waals surface area contributed by atoms with E-state index in [-0.39, 0.29) is 11.1 Å². The third kappa shape index (κ3) is 4.92. The van der Waals surface area contributed by atoms with Gasteiger partial charge in [-0.25, -0.2) is 0 Å². The van der Waals surface area contributed by atoms with Crippen LogP contribution in [0.15, 0.2) is 48.5 Å². The maximum absolute atomic E-state index is 10.9. The van der Waals surface area contributed by atoms with Crippen LogP contribution in [0, 0.1) is 0 Å². The van der Waals surface area contributed by atoms with E-state index < -0.39 is 13.5 Å².